The van der Waals surface area contributed by atoms with Crippen LogP contribution in [0.4, 0.5) is 13.2 Å². The zero-order valence-electron chi connectivity index (χ0n) is 16.8. The summed E-state index contributed by atoms with van der Waals surface area (Å²) in [5.74, 6) is -1.75. The molecule has 0 saturated heterocycles. The zero-order valence-corrected chi connectivity index (χ0v) is 16.8. The second-order valence-electron chi connectivity index (χ2n) is 6.74. The highest BCUT2D eigenvalue weighted by molar-refractivity contribution is 5.90. The van der Waals surface area contributed by atoms with Crippen molar-refractivity contribution in [3.05, 3.63) is 53.4 Å². The van der Waals surface area contributed by atoms with Crippen molar-refractivity contribution in [3.8, 4) is 5.95 Å². The van der Waals surface area contributed by atoms with E-state index < -0.39 is 17.9 Å². The lowest BCUT2D eigenvalue weighted by atomic mass is 9.96. The van der Waals surface area contributed by atoms with Crippen LogP contribution in [0.1, 0.15) is 54.0 Å². The molecule has 0 spiro atoms. The first-order chi connectivity index (χ1) is 14.2. The minimum atomic E-state index is -4.66. The van der Waals surface area contributed by atoms with Crippen LogP contribution in [-0.4, -0.2) is 53.8 Å². The summed E-state index contributed by atoms with van der Waals surface area (Å²) in [6, 6.07) is 9.88. The molecule has 0 aliphatic carbocycles. The smallest absolute Gasteiger partial charge is 0.336 e. The van der Waals surface area contributed by atoms with Gasteiger partial charge >= 0.3 is 6.18 Å². The molecule has 0 saturated carbocycles. The van der Waals surface area contributed by atoms with Crippen LogP contribution in [0, 0.1) is 6.92 Å². The Kier molecular flexibility index (Phi) is 6.18. The predicted octanol–water partition coefficient (Wildman–Crippen LogP) is 3.37. The molecule has 3 aromatic rings. The van der Waals surface area contributed by atoms with Crippen molar-refractivity contribution in [2.75, 3.05) is 13.1 Å². The van der Waals surface area contributed by atoms with Crippen LogP contribution in [0.15, 0.2) is 30.3 Å². The largest absolute Gasteiger partial charge is 0.451 e. The van der Waals surface area contributed by atoms with Gasteiger partial charge in [-0.25, -0.2) is 4.98 Å². The number of hydrogen-bond acceptors (Lipinski definition) is 5. The first-order valence-electron chi connectivity index (χ1n) is 9.52. The highest BCUT2D eigenvalue weighted by Gasteiger charge is 2.36. The monoisotopic (exact) mass is 421 g/mol. The van der Waals surface area contributed by atoms with E-state index in [0.717, 1.165) is 16.7 Å². The van der Waals surface area contributed by atoms with Gasteiger partial charge in [0, 0.05) is 19.0 Å². The number of alkyl halides is 3. The highest BCUT2D eigenvalue weighted by atomic mass is 19.4. The van der Waals surface area contributed by atoms with E-state index in [1.807, 2.05) is 42.4 Å². The fraction of sp³-hybridized carbons (Fsp3) is 0.421. The Hall–Kier alpha value is -3.24. The van der Waals surface area contributed by atoms with Crippen LogP contribution in [0.3, 0.4) is 0 Å². The summed E-state index contributed by atoms with van der Waals surface area (Å²) in [5.41, 5.74) is 1.13. The summed E-state index contributed by atoms with van der Waals surface area (Å²) >= 11 is 0. The Labute approximate surface area is 171 Å². The number of aromatic amines is 1. The Morgan fingerprint density at radius 1 is 1.20 bits per heavy atom. The van der Waals surface area contributed by atoms with Crippen molar-refractivity contribution in [3.63, 3.8) is 0 Å². The summed E-state index contributed by atoms with van der Waals surface area (Å²) in [5, 5.41) is 9.41. The van der Waals surface area contributed by atoms with E-state index in [0.29, 0.717) is 13.1 Å². The molecular weight excluding hydrogens is 399 g/mol. The number of H-pyrrole nitrogens is 1. The van der Waals surface area contributed by atoms with Gasteiger partial charge in [0.05, 0.1) is 0 Å². The summed E-state index contributed by atoms with van der Waals surface area (Å²) in [7, 11) is 0. The number of halogens is 3. The second kappa shape index (κ2) is 8.64. The van der Waals surface area contributed by atoms with E-state index in [4.69, 9.17) is 0 Å². The molecule has 160 valence electrons. The third-order valence-corrected chi connectivity index (χ3v) is 4.77. The highest BCUT2D eigenvalue weighted by Crippen LogP contribution is 2.26. The Morgan fingerprint density at radius 2 is 1.90 bits per heavy atom. The summed E-state index contributed by atoms with van der Waals surface area (Å²) in [6.45, 7) is 6.33. The minimum Gasteiger partial charge on any atom is -0.336 e. The Morgan fingerprint density at radius 3 is 2.47 bits per heavy atom. The third kappa shape index (κ3) is 4.50. The molecule has 0 fully saturated rings. The number of benzene rings is 1. The van der Waals surface area contributed by atoms with E-state index in [1.54, 1.807) is 4.90 Å². The molecule has 1 unspecified atom stereocenters. The van der Waals surface area contributed by atoms with Gasteiger partial charge in [0.1, 0.15) is 5.82 Å². The molecule has 0 bridgehead atoms. The molecular formula is C19H22F3N7O. The molecule has 1 atom stereocenters. The van der Waals surface area contributed by atoms with Gasteiger partial charge in [-0.2, -0.15) is 22.8 Å². The molecule has 1 aromatic carbocycles. The number of rotatable bonds is 7. The minimum absolute atomic E-state index is 0.115. The Bertz CT molecular complexity index is 997. The molecule has 0 aliphatic rings. The fourth-order valence-corrected chi connectivity index (χ4v) is 3.10. The lowest BCUT2D eigenvalue weighted by molar-refractivity contribution is -0.144. The average Bonchev–Trinajstić information content (AvgIpc) is 3.36. The van der Waals surface area contributed by atoms with Crippen LogP contribution in [0.5, 0.6) is 0 Å². The van der Waals surface area contributed by atoms with Gasteiger partial charge in [-0.1, -0.05) is 37.3 Å². The molecule has 3 rings (SSSR count). The molecule has 0 radical (unpaired) electrons. The third-order valence-electron chi connectivity index (χ3n) is 4.77. The first-order valence-corrected chi connectivity index (χ1v) is 9.52. The lowest BCUT2D eigenvalue weighted by Gasteiger charge is -2.25. The maximum Gasteiger partial charge on any atom is 0.451 e. The van der Waals surface area contributed by atoms with E-state index >= 15 is 0 Å². The van der Waals surface area contributed by atoms with Crippen molar-refractivity contribution in [1.29, 1.82) is 0 Å². The lowest BCUT2D eigenvalue weighted by Crippen LogP contribution is -2.35. The van der Waals surface area contributed by atoms with Crippen molar-refractivity contribution < 1.29 is 18.0 Å². The number of likely N-dealkylation sites (N-methyl/N-ethyl adjacent to an activating group) is 1. The molecule has 2 heterocycles. The second-order valence-corrected chi connectivity index (χ2v) is 6.74. The molecule has 8 nitrogen and oxygen atoms in total. The number of carbonyl (C=O) groups excluding carboxylic acids is 1. The number of aromatic nitrogens is 6. The number of nitrogens with one attached hydrogen (secondary N) is 1. The predicted molar refractivity (Wildman–Crippen MR) is 102 cm³/mol. The van der Waals surface area contributed by atoms with Crippen molar-refractivity contribution >= 4 is 5.91 Å². The number of nitrogens with zero attached hydrogens (tertiary/aromatic N) is 6. The van der Waals surface area contributed by atoms with Crippen LogP contribution in [-0.2, 0) is 6.18 Å². The molecule has 1 amide bonds. The van der Waals surface area contributed by atoms with Crippen LogP contribution in [0.2, 0.25) is 0 Å². The van der Waals surface area contributed by atoms with E-state index in [9.17, 15) is 18.0 Å². The van der Waals surface area contributed by atoms with E-state index in [1.165, 1.54) is 6.92 Å². The van der Waals surface area contributed by atoms with Gasteiger partial charge in [-0.05, 0) is 25.8 Å². The van der Waals surface area contributed by atoms with Crippen LogP contribution in [0.25, 0.3) is 5.95 Å². The SMILES string of the molecule is CCC(CN(CC)C(=O)c1nc(C)n(-c2n[nH]c(C(F)(F)F)n2)n1)c1ccccc1. The van der Waals surface area contributed by atoms with Crippen LogP contribution >= 0.6 is 0 Å². The van der Waals surface area contributed by atoms with Gasteiger partial charge < -0.3 is 4.90 Å². The van der Waals surface area contributed by atoms with Gasteiger partial charge in [0.2, 0.25) is 11.6 Å². The summed E-state index contributed by atoms with van der Waals surface area (Å²) < 4.78 is 39.3. The topological polar surface area (TPSA) is 92.6 Å². The van der Waals surface area contributed by atoms with E-state index in [2.05, 4.69) is 27.1 Å². The van der Waals surface area contributed by atoms with Gasteiger partial charge in [-0.3, -0.25) is 9.89 Å². The normalized spacial score (nSPS) is 12.7. The summed E-state index contributed by atoms with van der Waals surface area (Å²) in [4.78, 5) is 22.1. The number of aryl methyl sites for hydroxylation is 1. The van der Waals surface area contributed by atoms with Crippen molar-refractivity contribution in [2.45, 2.75) is 39.3 Å². The Balaban J connectivity index is 1.82. The van der Waals surface area contributed by atoms with Crippen LogP contribution < -0.4 is 0 Å². The quantitative estimate of drug-likeness (QED) is 0.632. The number of hydrogen-bond donors (Lipinski definition) is 1. The maximum atomic E-state index is 13.0. The van der Waals surface area contributed by atoms with E-state index in [-0.39, 0.29) is 23.5 Å². The van der Waals surface area contributed by atoms with Gasteiger partial charge in [0.15, 0.2) is 0 Å². The van der Waals surface area contributed by atoms with Crippen molar-refractivity contribution in [1.82, 2.24) is 34.8 Å². The molecule has 2 aromatic heterocycles. The number of carbonyl (C=O) groups is 1. The standard InChI is InChI=1S/C19H22F3N7O/c1-4-13(14-9-7-6-8-10-14)11-28(5-2)16(30)15-23-12(3)29(27-15)18-24-17(25-26-18)19(20,21)22/h6-10,13H,4-5,11H2,1-3H3,(H,24,25,26). The van der Waals surface area contributed by atoms with Gasteiger partial charge in [-0.15, -0.1) is 10.2 Å². The summed E-state index contributed by atoms with van der Waals surface area (Å²) in [6.07, 6.45) is -3.82. The number of amides is 1. The maximum absolute atomic E-state index is 13.0. The fourth-order valence-electron chi connectivity index (χ4n) is 3.10. The molecule has 1 N–H and O–H groups in total. The molecule has 11 heteroatoms. The van der Waals surface area contributed by atoms with Crippen molar-refractivity contribution in [2.24, 2.45) is 0 Å². The first kappa shape index (κ1) is 21.5. The van der Waals surface area contributed by atoms with Gasteiger partial charge in [0.25, 0.3) is 11.9 Å². The average molecular weight is 421 g/mol. The molecule has 30 heavy (non-hydrogen) atoms. The molecule has 0 aliphatic heterocycles. The zero-order chi connectivity index (χ0) is 21.9.